The molecule has 10 heteroatoms. The minimum atomic E-state index is -0.611. The number of aryl methyl sites for hydroxylation is 1. The smallest absolute Gasteiger partial charge is 0.340 e. The Morgan fingerprint density at radius 2 is 1.82 bits per heavy atom. The van der Waals surface area contributed by atoms with E-state index in [2.05, 4.69) is 0 Å². The van der Waals surface area contributed by atoms with Crippen molar-refractivity contribution < 1.29 is 28.2 Å². The van der Waals surface area contributed by atoms with Crippen molar-refractivity contribution in [3.8, 4) is 16.9 Å². The molecule has 1 aromatic heterocycles. The first-order valence-corrected chi connectivity index (χ1v) is 13.3. The van der Waals surface area contributed by atoms with E-state index >= 15 is 4.39 Å². The van der Waals surface area contributed by atoms with Crippen molar-refractivity contribution in [2.75, 3.05) is 45.0 Å². The van der Waals surface area contributed by atoms with E-state index in [0.29, 0.717) is 59.5 Å². The van der Waals surface area contributed by atoms with Gasteiger partial charge in [-0.15, -0.1) is 0 Å². The molecule has 6 rings (SSSR count). The summed E-state index contributed by atoms with van der Waals surface area (Å²) in [5.41, 5.74) is 3.58. The van der Waals surface area contributed by atoms with Gasteiger partial charge in [-0.1, -0.05) is 29.8 Å². The number of halogens is 2. The summed E-state index contributed by atoms with van der Waals surface area (Å²) in [6.45, 7) is 2.37. The lowest BCUT2D eigenvalue weighted by atomic mass is 9.97. The maximum absolute atomic E-state index is 15.6. The molecule has 3 aromatic carbocycles. The molecule has 0 saturated carbocycles. The van der Waals surface area contributed by atoms with Gasteiger partial charge in [-0.2, -0.15) is 0 Å². The number of amides is 1. The number of esters is 1. The molecule has 1 amide bonds. The van der Waals surface area contributed by atoms with Crippen molar-refractivity contribution in [1.82, 2.24) is 9.47 Å². The Hall–Kier alpha value is -4.08. The zero-order chi connectivity index (χ0) is 28.0. The van der Waals surface area contributed by atoms with Crippen LogP contribution in [0.4, 0.5) is 10.1 Å². The first-order valence-electron chi connectivity index (χ1n) is 12.9. The minimum absolute atomic E-state index is 0.0253. The average molecular weight is 564 g/mol. The fraction of sp³-hybridized carbons (Fsp3) is 0.267. The largest absolute Gasteiger partial charge is 0.472 e. The summed E-state index contributed by atoms with van der Waals surface area (Å²) in [6, 6.07) is 13.8. The van der Waals surface area contributed by atoms with Crippen molar-refractivity contribution >= 4 is 40.1 Å². The Morgan fingerprint density at radius 3 is 2.60 bits per heavy atom. The number of carbonyl (C=O) groups excluding carboxylic acids is 2. The summed E-state index contributed by atoms with van der Waals surface area (Å²) < 4.78 is 34.0. The Labute approximate surface area is 235 Å². The first-order chi connectivity index (χ1) is 19.4. The Balaban J connectivity index is 1.35. The van der Waals surface area contributed by atoms with Gasteiger partial charge in [-0.3, -0.25) is 4.79 Å². The lowest BCUT2D eigenvalue weighted by Gasteiger charge is -2.32. The van der Waals surface area contributed by atoms with Crippen molar-refractivity contribution in [2.24, 2.45) is 7.05 Å². The summed E-state index contributed by atoms with van der Waals surface area (Å²) in [6.07, 6.45) is 1.92. The van der Waals surface area contributed by atoms with Crippen LogP contribution in [0.15, 0.2) is 54.7 Å². The third kappa shape index (κ3) is 4.55. The first kappa shape index (κ1) is 26.2. The zero-order valence-corrected chi connectivity index (χ0v) is 22.8. The number of hydrogen-bond donors (Lipinski definition) is 0. The molecule has 0 spiro atoms. The summed E-state index contributed by atoms with van der Waals surface area (Å²) in [4.78, 5) is 29.6. The summed E-state index contributed by atoms with van der Waals surface area (Å²) in [5.74, 6) is -0.948. The lowest BCUT2D eigenvalue weighted by Crippen LogP contribution is -2.37. The van der Waals surface area contributed by atoms with Crippen LogP contribution < -0.4 is 9.64 Å². The van der Waals surface area contributed by atoms with Crippen LogP contribution in [0.5, 0.6) is 5.75 Å². The van der Waals surface area contributed by atoms with Crippen LogP contribution in [0, 0.1) is 5.82 Å². The van der Waals surface area contributed by atoms with Gasteiger partial charge in [0.05, 0.1) is 48.7 Å². The normalized spacial score (nSPS) is 15.1. The maximum atomic E-state index is 15.6. The standard InChI is InChI=1S/C30H27ClFN3O5/c1-33-7-6-18-12-24(31)22(15-26(18)33)29(36)35-16-19-4-3-5-20(28(19)40-17-35)21-14-27(34-8-10-39-11-9-34)23(13-25(21)32)30(37)38-2/h3-7,12-15H,8-11,16-17H2,1-2H3. The molecule has 8 nitrogen and oxygen atoms in total. The number of para-hydroxylation sites is 1. The van der Waals surface area contributed by atoms with Gasteiger partial charge in [0.2, 0.25) is 0 Å². The second-order valence-corrected chi connectivity index (χ2v) is 10.2. The van der Waals surface area contributed by atoms with Crippen molar-refractivity contribution in [1.29, 1.82) is 0 Å². The van der Waals surface area contributed by atoms with Gasteiger partial charge in [0.15, 0.2) is 6.73 Å². The predicted molar refractivity (Wildman–Crippen MR) is 150 cm³/mol. The van der Waals surface area contributed by atoms with Crippen LogP contribution in [0.1, 0.15) is 26.3 Å². The van der Waals surface area contributed by atoms with Gasteiger partial charge in [0.25, 0.3) is 5.91 Å². The fourth-order valence-electron chi connectivity index (χ4n) is 5.35. The second-order valence-electron chi connectivity index (χ2n) is 9.83. The van der Waals surface area contributed by atoms with E-state index in [1.807, 2.05) is 34.8 Å². The number of aromatic nitrogens is 1. The Kier molecular flexibility index (Phi) is 6.85. The number of nitrogens with zero attached hydrogens (tertiary/aromatic N) is 3. The number of carbonyl (C=O) groups is 2. The van der Waals surface area contributed by atoms with Gasteiger partial charge >= 0.3 is 5.97 Å². The molecule has 0 atom stereocenters. The van der Waals surface area contributed by atoms with Gasteiger partial charge in [-0.05, 0) is 30.3 Å². The molecule has 0 unspecified atom stereocenters. The number of methoxy groups -OCH3 is 1. The van der Waals surface area contributed by atoms with E-state index in [1.54, 1.807) is 35.2 Å². The van der Waals surface area contributed by atoms with Gasteiger partial charge in [0, 0.05) is 53.9 Å². The molecule has 2 aliphatic rings. The highest BCUT2D eigenvalue weighted by Gasteiger charge is 2.29. The third-order valence-electron chi connectivity index (χ3n) is 7.45. The Morgan fingerprint density at radius 1 is 1.02 bits per heavy atom. The zero-order valence-electron chi connectivity index (χ0n) is 22.1. The number of anilines is 1. The number of hydrogen-bond acceptors (Lipinski definition) is 6. The van der Waals surface area contributed by atoms with Crippen LogP contribution in [0.25, 0.3) is 22.0 Å². The Bertz CT molecular complexity index is 1650. The quantitative estimate of drug-likeness (QED) is 0.316. The van der Waals surface area contributed by atoms with Gasteiger partial charge in [0.1, 0.15) is 11.6 Å². The molecular formula is C30H27ClFN3O5. The topological polar surface area (TPSA) is 73.2 Å². The summed E-state index contributed by atoms with van der Waals surface area (Å²) in [5, 5.41) is 1.32. The molecule has 1 fully saturated rings. The minimum Gasteiger partial charge on any atom is -0.472 e. The molecule has 40 heavy (non-hydrogen) atoms. The highest BCUT2D eigenvalue weighted by atomic mass is 35.5. The fourth-order valence-corrected chi connectivity index (χ4v) is 5.60. The van der Waals surface area contributed by atoms with Crippen molar-refractivity contribution in [2.45, 2.75) is 6.54 Å². The highest BCUT2D eigenvalue weighted by molar-refractivity contribution is 6.34. The SMILES string of the molecule is COC(=O)c1cc(F)c(-c2cccc3c2OCN(C(=O)c2cc4c(ccn4C)cc2Cl)C3)cc1N1CCOCC1. The van der Waals surface area contributed by atoms with Crippen molar-refractivity contribution in [3.05, 3.63) is 82.3 Å². The van der Waals surface area contributed by atoms with E-state index < -0.39 is 11.8 Å². The van der Waals surface area contributed by atoms with E-state index in [-0.39, 0.29) is 24.7 Å². The van der Waals surface area contributed by atoms with E-state index in [4.69, 9.17) is 25.8 Å². The van der Waals surface area contributed by atoms with E-state index in [1.165, 1.54) is 13.2 Å². The number of ether oxygens (including phenoxy) is 3. The molecule has 206 valence electrons. The van der Waals surface area contributed by atoms with Crippen LogP contribution in [-0.4, -0.2) is 61.5 Å². The van der Waals surface area contributed by atoms with Crippen LogP contribution in [0.3, 0.4) is 0 Å². The van der Waals surface area contributed by atoms with Gasteiger partial charge < -0.3 is 28.6 Å². The van der Waals surface area contributed by atoms with E-state index in [9.17, 15) is 9.59 Å². The van der Waals surface area contributed by atoms with E-state index in [0.717, 1.165) is 16.5 Å². The molecule has 0 aliphatic carbocycles. The lowest BCUT2D eigenvalue weighted by molar-refractivity contribution is 0.0515. The number of rotatable bonds is 4. The molecule has 0 radical (unpaired) electrons. The molecule has 0 N–H and O–H groups in total. The van der Waals surface area contributed by atoms with Crippen LogP contribution >= 0.6 is 11.6 Å². The van der Waals surface area contributed by atoms with Crippen LogP contribution in [-0.2, 0) is 23.1 Å². The summed E-state index contributed by atoms with van der Waals surface area (Å²) >= 11 is 6.49. The number of morpholine rings is 1. The third-order valence-corrected chi connectivity index (χ3v) is 7.76. The number of fused-ring (bicyclic) bond motifs is 2. The summed E-state index contributed by atoms with van der Waals surface area (Å²) in [7, 11) is 3.18. The number of benzene rings is 3. The molecular weight excluding hydrogens is 537 g/mol. The maximum Gasteiger partial charge on any atom is 0.340 e. The predicted octanol–water partition coefficient (Wildman–Crippen LogP) is 5.25. The molecule has 2 aliphatic heterocycles. The second kappa shape index (κ2) is 10.5. The average Bonchev–Trinajstić information content (AvgIpc) is 3.34. The van der Waals surface area contributed by atoms with Crippen molar-refractivity contribution in [3.63, 3.8) is 0 Å². The monoisotopic (exact) mass is 563 g/mol. The molecule has 4 aromatic rings. The molecule has 0 bridgehead atoms. The van der Waals surface area contributed by atoms with Gasteiger partial charge in [-0.25, -0.2) is 9.18 Å². The highest BCUT2D eigenvalue weighted by Crippen LogP contribution is 2.40. The molecule has 3 heterocycles. The molecule has 1 saturated heterocycles. The van der Waals surface area contributed by atoms with Crippen LogP contribution in [0.2, 0.25) is 5.02 Å².